The number of amides is 1. The van der Waals surface area contributed by atoms with E-state index in [-0.39, 0.29) is 12.2 Å². The first-order valence-electron chi connectivity index (χ1n) is 10.0. The fourth-order valence-electron chi connectivity index (χ4n) is 3.15. The van der Waals surface area contributed by atoms with Crippen LogP contribution in [0.5, 0.6) is 0 Å². The highest BCUT2D eigenvalue weighted by atomic mass is 16.5. The van der Waals surface area contributed by atoms with Crippen molar-refractivity contribution in [2.45, 2.75) is 26.8 Å². The summed E-state index contributed by atoms with van der Waals surface area (Å²) in [5, 5.41) is 6.79. The number of aromatic nitrogens is 3. The summed E-state index contributed by atoms with van der Waals surface area (Å²) >= 11 is 0. The van der Waals surface area contributed by atoms with Crippen molar-refractivity contribution in [3.05, 3.63) is 91.8 Å². The third kappa shape index (κ3) is 5.35. The number of nitrogens with one attached hydrogen (secondary N) is 1. The van der Waals surface area contributed by atoms with Crippen LogP contribution in [-0.4, -0.2) is 40.5 Å². The molecular weight excluding hydrogens is 396 g/mol. The van der Waals surface area contributed by atoms with Gasteiger partial charge >= 0.3 is 5.69 Å². The summed E-state index contributed by atoms with van der Waals surface area (Å²) in [5.41, 5.74) is 1.63. The molecule has 2 aromatic carbocycles. The number of benzene rings is 2. The van der Waals surface area contributed by atoms with Crippen molar-refractivity contribution in [1.29, 1.82) is 0 Å². The smallest absolute Gasteiger partial charge is 0.352 e. The van der Waals surface area contributed by atoms with E-state index in [2.05, 4.69) is 10.4 Å². The normalized spacial score (nSPS) is 10.8. The van der Waals surface area contributed by atoms with Gasteiger partial charge in [-0.2, -0.15) is 9.78 Å². The first-order valence-corrected chi connectivity index (χ1v) is 10.0. The van der Waals surface area contributed by atoms with Crippen molar-refractivity contribution in [2.75, 3.05) is 20.3 Å². The fourth-order valence-corrected chi connectivity index (χ4v) is 3.15. The van der Waals surface area contributed by atoms with Crippen LogP contribution in [0.25, 0.3) is 5.69 Å². The topological polar surface area (TPSA) is 95.2 Å². The Labute approximate surface area is 180 Å². The van der Waals surface area contributed by atoms with Crippen molar-refractivity contribution < 1.29 is 9.53 Å². The number of carbonyl (C=O) groups is 1. The lowest BCUT2D eigenvalue weighted by molar-refractivity contribution is 0.0938. The van der Waals surface area contributed by atoms with Crippen LogP contribution in [0, 0.1) is 13.8 Å². The molecule has 0 saturated heterocycles. The summed E-state index contributed by atoms with van der Waals surface area (Å²) in [5.74, 6) is -0.625. The molecule has 1 amide bonds. The number of aryl methyl sites for hydroxylation is 2. The minimum absolute atomic E-state index is 0.0394. The van der Waals surface area contributed by atoms with E-state index in [1.807, 2.05) is 50.2 Å². The predicted molar refractivity (Wildman–Crippen MR) is 118 cm³/mol. The van der Waals surface area contributed by atoms with E-state index in [0.29, 0.717) is 25.3 Å². The molecule has 0 bridgehead atoms. The third-order valence-electron chi connectivity index (χ3n) is 4.79. The molecule has 0 aliphatic rings. The molecule has 31 heavy (non-hydrogen) atoms. The van der Waals surface area contributed by atoms with Crippen LogP contribution < -0.4 is 16.6 Å². The van der Waals surface area contributed by atoms with E-state index in [1.165, 1.54) is 0 Å². The molecule has 0 radical (unpaired) electrons. The molecule has 0 spiro atoms. The number of rotatable bonds is 8. The molecule has 1 N–H and O–H groups in total. The molecule has 3 aromatic rings. The molecule has 8 nitrogen and oxygen atoms in total. The maximum absolute atomic E-state index is 13.2. The summed E-state index contributed by atoms with van der Waals surface area (Å²) < 4.78 is 7.12. The zero-order chi connectivity index (χ0) is 22.4. The molecular formula is C23H26N4O4. The minimum atomic E-state index is -0.723. The van der Waals surface area contributed by atoms with Gasteiger partial charge in [0.2, 0.25) is 5.69 Å². The summed E-state index contributed by atoms with van der Waals surface area (Å²) in [6.45, 7) is 4.71. The maximum atomic E-state index is 13.2. The second kappa shape index (κ2) is 9.99. The maximum Gasteiger partial charge on any atom is 0.352 e. The van der Waals surface area contributed by atoms with Gasteiger partial charge in [0.05, 0.1) is 12.2 Å². The molecule has 0 unspecified atom stereocenters. The summed E-state index contributed by atoms with van der Waals surface area (Å²) in [7, 11) is 1.57. The first-order chi connectivity index (χ1) is 14.9. The molecule has 1 aromatic heterocycles. The first kappa shape index (κ1) is 22.2. The van der Waals surface area contributed by atoms with Crippen molar-refractivity contribution in [2.24, 2.45) is 0 Å². The van der Waals surface area contributed by atoms with Crippen molar-refractivity contribution in [1.82, 2.24) is 19.7 Å². The lowest BCUT2D eigenvalue weighted by Gasteiger charge is -2.13. The Balaban J connectivity index is 2.08. The molecule has 0 saturated carbocycles. The molecule has 0 aliphatic heterocycles. The standard InChI is InChI=1S/C23H26N4O4/c1-16-8-10-19(11-9-16)27-23(30)26(15-18-7-4-6-17(2)14-18)22(29)20(25-27)21(28)24-12-5-13-31-3/h4,6-11,14H,5,12-13,15H2,1-3H3,(H,24,28). The van der Waals surface area contributed by atoms with E-state index >= 15 is 0 Å². The quantitative estimate of drug-likeness (QED) is 0.559. The van der Waals surface area contributed by atoms with Crippen LogP contribution in [0.4, 0.5) is 0 Å². The van der Waals surface area contributed by atoms with Gasteiger partial charge in [-0.25, -0.2) is 4.79 Å². The lowest BCUT2D eigenvalue weighted by atomic mass is 10.1. The number of carbonyl (C=O) groups excluding carboxylic acids is 1. The van der Waals surface area contributed by atoms with Gasteiger partial charge in [-0.1, -0.05) is 47.5 Å². The van der Waals surface area contributed by atoms with Crippen LogP contribution in [-0.2, 0) is 11.3 Å². The second-order valence-corrected chi connectivity index (χ2v) is 7.36. The van der Waals surface area contributed by atoms with Gasteiger partial charge in [0, 0.05) is 20.3 Å². The molecule has 3 rings (SSSR count). The zero-order valence-corrected chi connectivity index (χ0v) is 17.9. The largest absolute Gasteiger partial charge is 0.385 e. The molecule has 0 atom stereocenters. The number of methoxy groups -OCH3 is 1. The average molecular weight is 422 g/mol. The highest BCUT2D eigenvalue weighted by Gasteiger charge is 2.20. The van der Waals surface area contributed by atoms with E-state index in [9.17, 15) is 14.4 Å². The highest BCUT2D eigenvalue weighted by Crippen LogP contribution is 2.07. The van der Waals surface area contributed by atoms with E-state index < -0.39 is 17.2 Å². The van der Waals surface area contributed by atoms with Gasteiger partial charge in [0.15, 0.2) is 0 Å². The predicted octanol–water partition coefficient (Wildman–Crippen LogP) is 1.83. The Morgan fingerprint density at radius 3 is 2.48 bits per heavy atom. The van der Waals surface area contributed by atoms with Crippen LogP contribution in [0.15, 0.2) is 58.1 Å². The van der Waals surface area contributed by atoms with Gasteiger partial charge in [0.25, 0.3) is 11.5 Å². The summed E-state index contributed by atoms with van der Waals surface area (Å²) in [6.07, 6.45) is 0.595. The third-order valence-corrected chi connectivity index (χ3v) is 4.79. The van der Waals surface area contributed by atoms with Crippen molar-refractivity contribution in [3.63, 3.8) is 0 Å². The van der Waals surface area contributed by atoms with Crippen LogP contribution in [0.2, 0.25) is 0 Å². The monoisotopic (exact) mass is 422 g/mol. The number of nitrogens with zero attached hydrogens (tertiary/aromatic N) is 3. The average Bonchev–Trinajstić information content (AvgIpc) is 2.75. The van der Waals surface area contributed by atoms with Gasteiger partial charge in [-0.15, -0.1) is 0 Å². The van der Waals surface area contributed by atoms with Gasteiger partial charge in [-0.05, 0) is 38.0 Å². The Morgan fingerprint density at radius 2 is 1.81 bits per heavy atom. The second-order valence-electron chi connectivity index (χ2n) is 7.36. The van der Waals surface area contributed by atoms with Gasteiger partial charge in [-0.3, -0.25) is 14.2 Å². The summed E-state index contributed by atoms with van der Waals surface area (Å²) in [6, 6.07) is 14.7. The number of hydrogen-bond donors (Lipinski definition) is 1. The molecule has 162 valence electrons. The molecule has 8 heteroatoms. The number of ether oxygens (including phenoxy) is 1. The Bertz CT molecular complexity index is 1180. The minimum Gasteiger partial charge on any atom is -0.385 e. The van der Waals surface area contributed by atoms with Crippen LogP contribution >= 0.6 is 0 Å². The molecule has 0 aliphatic carbocycles. The Morgan fingerprint density at radius 1 is 1.06 bits per heavy atom. The Hall–Kier alpha value is -3.52. The highest BCUT2D eigenvalue weighted by molar-refractivity contribution is 5.91. The van der Waals surface area contributed by atoms with Crippen molar-refractivity contribution in [3.8, 4) is 5.69 Å². The summed E-state index contributed by atoms with van der Waals surface area (Å²) in [4.78, 5) is 38.9. The van der Waals surface area contributed by atoms with Gasteiger partial charge < -0.3 is 10.1 Å². The SMILES string of the molecule is COCCCNC(=O)c1nn(-c2ccc(C)cc2)c(=O)n(Cc2cccc(C)c2)c1=O. The van der Waals surface area contributed by atoms with Crippen LogP contribution in [0.1, 0.15) is 33.6 Å². The van der Waals surface area contributed by atoms with Gasteiger partial charge in [0.1, 0.15) is 0 Å². The van der Waals surface area contributed by atoms with E-state index in [1.54, 1.807) is 19.2 Å². The molecule has 1 heterocycles. The zero-order valence-electron chi connectivity index (χ0n) is 17.9. The van der Waals surface area contributed by atoms with E-state index in [0.717, 1.165) is 25.9 Å². The van der Waals surface area contributed by atoms with E-state index in [4.69, 9.17) is 4.74 Å². The molecule has 0 fully saturated rings. The van der Waals surface area contributed by atoms with Crippen LogP contribution in [0.3, 0.4) is 0 Å². The fraction of sp³-hybridized carbons (Fsp3) is 0.304. The lowest BCUT2D eigenvalue weighted by Crippen LogP contribution is -2.46. The van der Waals surface area contributed by atoms with Crippen molar-refractivity contribution >= 4 is 5.91 Å². The Kier molecular flexibility index (Phi) is 7.15. The number of hydrogen-bond acceptors (Lipinski definition) is 5.